The highest BCUT2D eigenvalue weighted by atomic mass is 19.1. The molecule has 3 aromatic rings. The van der Waals surface area contributed by atoms with Gasteiger partial charge in [-0.3, -0.25) is 9.59 Å². The molecule has 2 atom stereocenters. The van der Waals surface area contributed by atoms with Gasteiger partial charge in [0.2, 0.25) is 11.8 Å². The van der Waals surface area contributed by atoms with Crippen LogP contribution in [0.25, 0.3) is 0 Å². The summed E-state index contributed by atoms with van der Waals surface area (Å²) in [5.41, 5.74) is 4.40. The summed E-state index contributed by atoms with van der Waals surface area (Å²) < 4.78 is 13.4. The van der Waals surface area contributed by atoms with Crippen LogP contribution in [0, 0.1) is 17.7 Å². The Morgan fingerprint density at radius 3 is 1.93 bits per heavy atom. The smallest absolute Gasteiger partial charge is 0.238 e. The average molecular weight is 383 g/mol. The summed E-state index contributed by atoms with van der Waals surface area (Å²) in [5.74, 6) is -1.82. The average Bonchev–Trinajstić information content (AvgIpc) is 3.01. The van der Waals surface area contributed by atoms with E-state index in [1.54, 1.807) is 0 Å². The van der Waals surface area contributed by atoms with Gasteiger partial charge in [-0.05, 0) is 46.5 Å². The number of carbonyl (C=O) groups excluding carboxylic acids is 2. The van der Waals surface area contributed by atoms with Crippen LogP contribution in [0.15, 0.2) is 72.8 Å². The maximum absolute atomic E-state index is 13.7. The van der Waals surface area contributed by atoms with Crippen LogP contribution in [0.5, 0.6) is 0 Å². The van der Waals surface area contributed by atoms with Gasteiger partial charge in [-0.25, -0.2) is 9.29 Å². The summed E-state index contributed by atoms with van der Waals surface area (Å²) in [5, 5.41) is 0. The van der Waals surface area contributed by atoms with Crippen molar-refractivity contribution < 1.29 is 14.0 Å². The summed E-state index contributed by atoms with van der Waals surface area (Å²) in [4.78, 5) is 28.5. The summed E-state index contributed by atoms with van der Waals surface area (Å²) in [6.45, 7) is 2.09. The van der Waals surface area contributed by atoms with Crippen LogP contribution in [-0.4, -0.2) is 11.8 Å². The van der Waals surface area contributed by atoms with Crippen LogP contribution in [-0.2, 0) is 15.0 Å². The lowest BCUT2D eigenvalue weighted by Gasteiger charge is -2.52. The molecule has 1 saturated heterocycles. The molecule has 4 heteroatoms. The summed E-state index contributed by atoms with van der Waals surface area (Å²) in [6, 6.07) is 21.9. The van der Waals surface area contributed by atoms with Gasteiger partial charge in [0.1, 0.15) is 5.82 Å². The van der Waals surface area contributed by atoms with E-state index in [-0.39, 0.29) is 17.7 Å². The normalized spacial score (nSPS) is 28.9. The van der Waals surface area contributed by atoms with Gasteiger partial charge in [-0.2, -0.15) is 0 Å². The van der Waals surface area contributed by atoms with Crippen LogP contribution in [0.4, 0.5) is 10.1 Å². The fourth-order valence-corrected chi connectivity index (χ4v) is 6.00. The summed E-state index contributed by atoms with van der Waals surface area (Å²) in [7, 11) is 0. The van der Waals surface area contributed by atoms with Crippen molar-refractivity contribution in [2.24, 2.45) is 11.8 Å². The molecule has 0 aromatic heterocycles. The Kier molecular flexibility index (Phi) is 3.11. The molecule has 142 valence electrons. The zero-order valence-corrected chi connectivity index (χ0v) is 15.8. The molecule has 3 aliphatic carbocycles. The lowest BCUT2D eigenvalue weighted by Crippen LogP contribution is -2.51. The highest BCUT2D eigenvalue weighted by Crippen LogP contribution is 2.64. The lowest BCUT2D eigenvalue weighted by molar-refractivity contribution is -0.123. The number of anilines is 1. The van der Waals surface area contributed by atoms with E-state index in [0.717, 1.165) is 22.3 Å². The molecule has 0 spiro atoms. The minimum atomic E-state index is -0.575. The number of imide groups is 1. The van der Waals surface area contributed by atoms with Crippen molar-refractivity contribution in [3.05, 3.63) is 101 Å². The van der Waals surface area contributed by atoms with E-state index < -0.39 is 23.1 Å². The minimum absolute atomic E-state index is 0.142. The summed E-state index contributed by atoms with van der Waals surface area (Å²) >= 11 is 0. The van der Waals surface area contributed by atoms with Gasteiger partial charge in [0.25, 0.3) is 0 Å². The molecule has 0 unspecified atom stereocenters. The maximum atomic E-state index is 13.7. The Morgan fingerprint density at radius 1 is 0.793 bits per heavy atom. The van der Waals surface area contributed by atoms with E-state index in [9.17, 15) is 14.0 Å². The molecule has 1 heterocycles. The van der Waals surface area contributed by atoms with Crippen molar-refractivity contribution in [1.29, 1.82) is 0 Å². The van der Waals surface area contributed by atoms with Crippen molar-refractivity contribution in [3.63, 3.8) is 0 Å². The zero-order valence-electron chi connectivity index (χ0n) is 15.8. The standard InChI is InChI=1S/C25H18FNO2/c1-25-18-8-4-2-6-16(18)20(17-7-3-5-9-19(17)25)21-22(25)24(29)27(23(21)28)15-12-10-14(26)11-13-15/h2-13,20-22H,1H3/t20?,21-,22-,25?/m0/s1. The molecular weight excluding hydrogens is 365 g/mol. The van der Waals surface area contributed by atoms with Crippen molar-refractivity contribution in [3.8, 4) is 0 Å². The van der Waals surface area contributed by atoms with Crippen LogP contribution in [0.3, 0.4) is 0 Å². The second kappa shape index (κ2) is 5.41. The lowest BCUT2D eigenvalue weighted by atomic mass is 9.48. The number of halogens is 1. The molecule has 0 N–H and O–H groups in total. The molecule has 0 saturated carbocycles. The van der Waals surface area contributed by atoms with Gasteiger partial charge in [0.05, 0.1) is 17.5 Å². The predicted molar refractivity (Wildman–Crippen MR) is 107 cm³/mol. The van der Waals surface area contributed by atoms with Gasteiger partial charge < -0.3 is 0 Å². The van der Waals surface area contributed by atoms with E-state index >= 15 is 0 Å². The Hall–Kier alpha value is -3.27. The molecular formula is C25H18FNO2. The molecule has 2 bridgehead atoms. The van der Waals surface area contributed by atoms with E-state index in [4.69, 9.17) is 0 Å². The third-order valence-corrected chi connectivity index (χ3v) is 7.13. The first-order chi connectivity index (χ1) is 14.0. The fourth-order valence-electron chi connectivity index (χ4n) is 6.00. The highest BCUT2D eigenvalue weighted by molar-refractivity contribution is 6.23. The SMILES string of the molecule is CC12c3ccccc3C(c3ccccc31)[C@@H]1C(=O)N(c3ccc(F)cc3)C(=O)[C@H]12. The number of amides is 2. The van der Waals surface area contributed by atoms with Crippen LogP contribution in [0.2, 0.25) is 0 Å². The number of carbonyl (C=O) groups is 2. The highest BCUT2D eigenvalue weighted by Gasteiger charge is 2.66. The van der Waals surface area contributed by atoms with Gasteiger partial charge in [-0.1, -0.05) is 55.5 Å². The number of benzene rings is 3. The zero-order chi connectivity index (χ0) is 19.9. The largest absolute Gasteiger partial charge is 0.274 e. The first-order valence-electron chi connectivity index (χ1n) is 9.85. The van der Waals surface area contributed by atoms with Gasteiger partial charge in [-0.15, -0.1) is 0 Å². The molecule has 2 amide bonds. The summed E-state index contributed by atoms with van der Waals surface area (Å²) in [6.07, 6.45) is 0. The molecule has 4 aliphatic rings. The van der Waals surface area contributed by atoms with Crippen LogP contribution < -0.4 is 4.90 Å². The van der Waals surface area contributed by atoms with Crippen LogP contribution >= 0.6 is 0 Å². The van der Waals surface area contributed by atoms with Crippen molar-refractivity contribution in [1.82, 2.24) is 0 Å². The van der Waals surface area contributed by atoms with Gasteiger partial charge in [0, 0.05) is 11.3 Å². The first-order valence-corrected chi connectivity index (χ1v) is 9.85. The van der Waals surface area contributed by atoms with Crippen molar-refractivity contribution in [2.45, 2.75) is 18.3 Å². The molecule has 3 nitrogen and oxygen atoms in total. The molecule has 0 radical (unpaired) electrons. The topological polar surface area (TPSA) is 37.4 Å². The maximum Gasteiger partial charge on any atom is 0.238 e. The first kappa shape index (κ1) is 16.7. The molecule has 1 fully saturated rings. The van der Waals surface area contributed by atoms with Crippen LogP contribution in [0.1, 0.15) is 35.1 Å². The Balaban J connectivity index is 1.61. The predicted octanol–water partition coefficient (Wildman–Crippen LogP) is 4.40. The second-order valence-corrected chi connectivity index (χ2v) is 8.35. The third-order valence-electron chi connectivity index (χ3n) is 7.13. The van der Waals surface area contributed by atoms with E-state index in [1.807, 2.05) is 24.3 Å². The Labute approximate surface area is 167 Å². The quantitative estimate of drug-likeness (QED) is 0.584. The minimum Gasteiger partial charge on any atom is -0.274 e. The molecule has 29 heavy (non-hydrogen) atoms. The molecule has 1 aliphatic heterocycles. The van der Waals surface area contributed by atoms with Crippen molar-refractivity contribution >= 4 is 17.5 Å². The van der Waals surface area contributed by atoms with Gasteiger partial charge in [0.15, 0.2) is 0 Å². The van der Waals surface area contributed by atoms with E-state index in [2.05, 4.69) is 31.2 Å². The number of rotatable bonds is 1. The van der Waals surface area contributed by atoms with E-state index in [0.29, 0.717) is 5.69 Å². The number of hydrogen-bond donors (Lipinski definition) is 0. The second-order valence-electron chi connectivity index (χ2n) is 8.35. The fraction of sp³-hybridized carbons (Fsp3) is 0.200. The molecule has 3 aromatic carbocycles. The monoisotopic (exact) mass is 383 g/mol. The third kappa shape index (κ3) is 1.87. The Bertz CT molecular complexity index is 1150. The van der Waals surface area contributed by atoms with Crippen molar-refractivity contribution in [2.75, 3.05) is 4.90 Å². The molecule has 7 rings (SSSR count). The van der Waals surface area contributed by atoms with Gasteiger partial charge >= 0.3 is 0 Å². The number of nitrogens with zero attached hydrogens (tertiary/aromatic N) is 1. The van der Waals surface area contributed by atoms with E-state index in [1.165, 1.54) is 29.2 Å². The Morgan fingerprint density at radius 2 is 1.34 bits per heavy atom. The number of hydrogen-bond acceptors (Lipinski definition) is 2.